The van der Waals surface area contributed by atoms with Crippen LogP contribution in [0.4, 0.5) is 0 Å². The van der Waals surface area contributed by atoms with E-state index in [0.29, 0.717) is 0 Å². The van der Waals surface area contributed by atoms with Crippen molar-refractivity contribution in [3.63, 3.8) is 0 Å². The molecule has 0 bridgehead atoms. The van der Waals surface area contributed by atoms with Crippen LogP contribution in [0.5, 0.6) is 0 Å². The summed E-state index contributed by atoms with van der Waals surface area (Å²) >= 11 is 0. The number of carbonyl (C=O) groups excluding carboxylic acids is 1. The first kappa shape index (κ1) is 9.90. The standard InChI is InChI=1S/C6H12N2O3/c1-4(7-2)6(11)8-3-5(9)10/h4,7H,3H2,1-2H3,(H,8,11)(H,9,10)/t4-/m0/s1. The van der Waals surface area contributed by atoms with E-state index in [0.717, 1.165) is 0 Å². The van der Waals surface area contributed by atoms with Gasteiger partial charge >= 0.3 is 5.97 Å². The van der Waals surface area contributed by atoms with E-state index < -0.39 is 5.97 Å². The molecule has 1 amide bonds. The normalized spacial score (nSPS) is 12.2. The number of rotatable bonds is 4. The SMILES string of the molecule is CN[C@@H](C)C(=O)NCC(=O)O. The van der Waals surface area contributed by atoms with E-state index in [4.69, 9.17) is 5.11 Å². The smallest absolute Gasteiger partial charge is 0.322 e. The molecule has 0 aliphatic heterocycles. The topological polar surface area (TPSA) is 78.4 Å². The molecule has 0 aromatic carbocycles. The predicted octanol–water partition coefficient (Wildman–Crippen LogP) is -1.20. The molecule has 0 unspecified atom stereocenters. The van der Waals surface area contributed by atoms with Gasteiger partial charge in [0.05, 0.1) is 6.04 Å². The zero-order chi connectivity index (χ0) is 8.85. The lowest BCUT2D eigenvalue weighted by Gasteiger charge is -2.08. The van der Waals surface area contributed by atoms with Gasteiger partial charge in [-0.3, -0.25) is 9.59 Å². The summed E-state index contributed by atoms with van der Waals surface area (Å²) in [7, 11) is 1.63. The van der Waals surface area contributed by atoms with Gasteiger partial charge in [-0.25, -0.2) is 0 Å². The Bertz CT molecular complexity index is 158. The molecule has 0 saturated heterocycles. The molecule has 0 aliphatic carbocycles. The molecule has 0 aliphatic rings. The third kappa shape index (κ3) is 4.32. The number of carbonyl (C=O) groups is 2. The number of carboxylic acid groups (broad SMARTS) is 1. The van der Waals surface area contributed by atoms with Crippen LogP contribution in [-0.4, -0.2) is 36.6 Å². The minimum absolute atomic E-state index is 0.310. The van der Waals surface area contributed by atoms with Crippen molar-refractivity contribution in [1.82, 2.24) is 10.6 Å². The molecule has 0 radical (unpaired) electrons. The van der Waals surface area contributed by atoms with E-state index in [-0.39, 0.29) is 18.5 Å². The first-order valence-electron chi connectivity index (χ1n) is 3.24. The molecule has 0 aromatic rings. The van der Waals surface area contributed by atoms with Crippen molar-refractivity contribution in [2.24, 2.45) is 0 Å². The summed E-state index contributed by atoms with van der Waals surface area (Å²) in [5.41, 5.74) is 0. The molecule has 5 nitrogen and oxygen atoms in total. The zero-order valence-corrected chi connectivity index (χ0v) is 6.55. The number of hydrogen-bond acceptors (Lipinski definition) is 3. The largest absolute Gasteiger partial charge is 0.480 e. The van der Waals surface area contributed by atoms with Crippen molar-refractivity contribution in [3.05, 3.63) is 0 Å². The molecule has 0 heterocycles. The summed E-state index contributed by atoms with van der Waals surface area (Å²) in [6, 6.07) is -0.352. The van der Waals surface area contributed by atoms with E-state index >= 15 is 0 Å². The first-order chi connectivity index (χ1) is 5.07. The number of aliphatic carboxylic acids is 1. The molecule has 0 spiro atoms. The van der Waals surface area contributed by atoms with Crippen molar-refractivity contribution >= 4 is 11.9 Å². The molecule has 0 saturated carbocycles. The van der Waals surface area contributed by atoms with Crippen LogP contribution in [0.3, 0.4) is 0 Å². The Labute approximate surface area is 64.8 Å². The molecular weight excluding hydrogens is 148 g/mol. The van der Waals surface area contributed by atoms with Crippen LogP contribution in [0.15, 0.2) is 0 Å². The first-order valence-corrected chi connectivity index (χ1v) is 3.24. The minimum Gasteiger partial charge on any atom is -0.480 e. The second kappa shape index (κ2) is 4.68. The maximum absolute atomic E-state index is 10.8. The van der Waals surface area contributed by atoms with E-state index in [9.17, 15) is 9.59 Å². The molecule has 0 rings (SSSR count). The Kier molecular flexibility index (Phi) is 4.21. The highest BCUT2D eigenvalue weighted by Crippen LogP contribution is 1.77. The average Bonchev–Trinajstić information content (AvgIpc) is 1.98. The van der Waals surface area contributed by atoms with Crippen LogP contribution in [0, 0.1) is 0 Å². The van der Waals surface area contributed by atoms with Gasteiger partial charge in [0.2, 0.25) is 5.91 Å². The van der Waals surface area contributed by atoms with Crippen LogP contribution in [0.25, 0.3) is 0 Å². The summed E-state index contributed by atoms with van der Waals surface area (Å²) in [5, 5.41) is 13.1. The van der Waals surface area contributed by atoms with Crippen LogP contribution in [0.2, 0.25) is 0 Å². The molecule has 1 atom stereocenters. The third-order valence-electron chi connectivity index (χ3n) is 1.24. The van der Waals surface area contributed by atoms with Crippen molar-refractivity contribution in [3.8, 4) is 0 Å². The van der Waals surface area contributed by atoms with Gasteiger partial charge in [0.1, 0.15) is 6.54 Å². The monoisotopic (exact) mass is 160 g/mol. The fourth-order valence-corrected chi connectivity index (χ4v) is 0.447. The predicted molar refractivity (Wildman–Crippen MR) is 39.2 cm³/mol. The molecule has 5 heteroatoms. The summed E-state index contributed by atoms with van der Waals surface area (Å²) < 4.78 is 0. The van der Waals surface area contributed by atoms with Crippen molar-refractivity contribution in [1.29, 1.82) is 0 Å². The summed E-state index contributed by atoms with van der Waals surface area (Å²) in [4.78, 5) is 20.8. The fourth-order valence-electron chi connectivity index (χ4n) is 0.447. The lowest BCUT2D eigenvalue weighted by Crippen LogP contribution is -2.42. The van der Waals surface area contributed by atoms with Crippen molar-refractivity contribution in [2.75, 3.05) is 13.6 Å². The summed E-state index contributed by atoms with van der Waals surface area (Å²) in [6.45, 7) is 1.32. The number of likely N-dealkylation sites (N-methyl/N-ethyl adjacent to an activating group) is 1. The summed E-state index contributed by atoms with van der Waals surface area (Å²) in [5.74, 6) is -1.35. The number of carboxylic acids is 1. The highest BCUT2D eigenvalue weighted by Gasteiger charge is 2.09. The lowest BCUT2D eigenvalue weighted by atomic mass is 10.3. The second-order valence-corrected chi connectivity index (χ2v) is 2.12. The van der Waals surface area contributed by atoms with Gasteiger partial charge < -0.3 is 15.7 Å². The number of hydrogen-bond donors (Lipinski definition) is 3. The van der Waals surface area contributed by atoms with Gasteiger partial charge in [0.25, 0.3) is 0 Å². The van der Waals surface area contributed by atoms with Gasteiger partial charge in [-0.1, -0.05) is 0 Å². The van der Waals surface area contributed by atoms with Crippen LogP contribution < -0.4 is 10.6 Å². The maximum Gasteiger partial charge on any atom is 0.322 e. The number of amides is 1. The minimum atomic E-state index is -1.04. The number of nitrogens with one attached hydrogen (secondary N) is 2. The maximum atomic E-state index is 10.8. The zero-order valence-electron chi connectivity index (χ0n) is 6.55. The Morgan fingerprint density at radius 2 is 2.09 bits per heavy atom. The Morgan fingerprint density at radius 1 is 1.55 bits per heavy atom. The van der Waals surface area contributed by atoms with Crippen LogP contribution in [-0.2, 0) is 9.59 Å². The van der Waals surface area contributed by atoms with Gasteiger partial charge in [0.15, 0.2) is 0 Å². The highest BCUT2D eigenvalue weighted by atomic mass is 16.4. The van der Waals surface area contributed by atoms with Gasteiger partial charge in [0, 0.05) is 0 Å². The highest BCUT2D eigenvalue weighted by molar-refractivity contribution is 5.84. The van der Waals surface area contributed by atoms with E-state index in [1.165, 1.54) is 0 Å². The van der Waals surface area contributed by atoms with E-state index in [2.05, 4.69) is 10.6 Å². The Morgan fingerprint density at radius 3 is 2.45 bits per heavy atom. The Balaban J connectivity index is 3.60. The molecule has 11 heavy (non-hydrogen) atoms. The third-order valence-corrected chi connectivity index (χ3v) is 1.24. The van der Waals surface area contributed by atoms with Gasteiger partial charge in [-0.2, -0.15) is 0 Å². The average molecular weight is 160 g/mol. The quantitative estimate of drug-likeness (QED) is 0.482. The second-order valence-electron chi connectivity index (χ2n) is 2.12. The molecular formula is C6H12N2O3. The van der Waals surface area contributed by atoms with Crippen molar-refractivity contribution < 1.29 is 14.7 Å². The molecule has 64 valence electrons. The molecule has 0 aromatic heterocycles. The van der Waals surface area contributed by atoms with Crippen molar-refractivity contribution in [2.45, 2.75) is 13.0 Å². The fraction of sp³-hybridized carbons (Fsp3) is 0.667. The van der Waals surface area contributed by atoms with Crippen LogP contribution >= 0.6 is 0 Å². The van der Waals surface area contributed by atoms with Gasteiger partial charge in [-0.05, 0) is 14.0 Å². The van der Waals surface area contributed by atoms with Gasteiger partial charge in [-0.15, -0.1) is 0 Å². The van der Waals surface area contributed by atoms with Crippen LogP contribution in [0.1, 0.15) is 6.92 Å². The molecule has 3 N–H and O–H groups in total. The lowest BCUT2D eigenvalue weighted by molar-refractivity contribution is -0.138. The van der Waals surface area contributed by atoms with E-state index in [1.807, 2.05) is 0 Å². The molecule has 0 fully saturated rings. The van der Waals surface area contributed by atoms with E-state index in [1.54, 1.807) is 14.0 Å². The summed E-state index contributed by atoms with van der Waals surface area (Å²) in [6.07, 6.45) is 0. The Hall–Kier alpha value is -1.10.